The molecule has 0 aromatic heterocycles. The fourth-order valence-electron chi connectivity index (χ4n) is 2.09. The van der Waals surface area contributed by atoms with Crippen LogP contribution in [-0.4, -0.2) is 23.6 Å². The Labute approximate surface area is 128 Å². The molecule has 0 aliphatic rings. The molecule has 0 spiro atoms. The van der Waals surface area contributed by atoms with Gasteiger partial charge in [-0.2, -0.15) is 0 Å². The van der Waals surface area contributed by atoms with Crippen molar-refractivity contribution >= 4 is 17.6 Å². The molecule has 0 heterocycles. The first-order valence-electron chi connectivity index (χ1n) is 6.78. The molecule has 5 nitrogen and oxygen atoms in total. The molecule has 114 valence electrons. The topological polar surface area (TPSA) is 75.6 Å². The number of amides is 1. The number of carboxylic acids is 1. The summed E-state index contributed by atoms with van der Waals surface area (Å²) in [6.07, 6.45) is 0. The van der Waals surface area contributed by atoms with Crippen LogP contribution in [0.25, 0.3) is 0 Å². The van der Waals surface area contributed by atoms with Crippen LogP contribution in [0.2, 0.25) is 0 Å². The maximum atomic E-state index is 11.9. The molecule has 1 amide bonds. The van der Waals surface area contributed by atoms with E-state index in [4.69, 9.17) is 9.84 Å². The first-order valence-corrected chi connectivity index (χ1v) is 6.78. The molecule has 22 heavy (non-hydrogen) atoms. The lowest BCUT2D eigenvalue weighted by molar-refractivity contribution is -0.118. The lowest BCUT2D eigenvalue weighted by Gasteiger charge is -2.09. The molecule has 5 heteroatoms. The van der Waals surface area contributed by atoms with Crippen LogP contribution in [-0.2, 0) is 4.79 Å². The van der Waals surface area contributed by atoms with Gasteiger partial charge in [0.25, 0.3) is 5.91 Å². The van der Waals surface area contributed by atoms with Gasteiger partial charge in [0.15, 0.2) is 6.61 Å². The van der Waals surface area contributed by atoms with E-state index in [1.54, 1.807) is 0 Å². The number of aromatic carboxylic acids is 1. The number of hydrogen-bond donors (Lipinski definition) is 2. The molecule has 0 saturated heterocycles. The summed E-state index contributed by atoms with van der Waals surface area (Å²) in [6.45, 7) is 3.78. The Balaban J connectivity index is 1.91. The number of aryl methyl sites for hydroxylation is 2. The average molecular weight is 299 g/mol. The highest BCUT2D eigenvalue weighted by Crippen LogP contribution is 2.15. The van der Waals surface area contributed by atoms with E-state index in [0.29, 0.717) is 5.75 Å². The lowest BCUT2D eigenvalue weighted by atomic mass is 10.1. The third-order valence-electron chi connectivity index (χ3n) is 2.98. The second-order valence-corrected chi connectivity index (χ2v) is 5.04. The van der Waals surface area contributed by atoms with Crippen molar-refractivity contribution < 1.29 is 19.4 Å². The Kier molecular flexibility index (Phi) is 4.78. The van der Waals surface area contributed by atoms with Gasteiger partial charge in [-0.3, -0.25) is 4.79 Å². The number of carboxylic acid groups (broad SMARTS) is 1. The van der Waals surface area contributed by atoms with Crippen molar-refractivity contribution in [2.75, 3.05) is 11.9 Å². The quantitative estimate of drug-likeness (QED) is 0.890. The fraction of sp³-hybridized carbons (Fsp3) is 0.176. The van der Waals surface area contributed by atoms with Gasteiger partial charge in [-0.15, -0.1) is 0 Å². The molecular weight excluding hydrogens is 282 g/mol. The summed E-state index contributed by atoms with van der Waals surface area (Å²) in [5, 5.41) is 11.6. The van der Waals surface area contributed by atoms with Crippen molar-refractivity contribution in [2.45, 2.75) is 13.8 Å². The summed E-state index contributed by atoms with van der Waals surface area (Å²) < 4.78 is 5.33. The smallest absolute Gasteiger partial charge is 0.335 e. The number of hydrogen-bond acceptors (Lipinski definition) is 3. The Morgan fingerprint density at radius 2 is 1.64 bits per heavy atom. The van der Waals surface area contributed by atoms with E-state index >= 15 is 0 Å². The fourth-order valence-corrected chi connectivity index (χ4v) is 2.09. The highest BCUT2D eigenvalue weighted by atomic mass is 16.5. The van der Waals surface area contributed by atoms with Crippen LogP contribution >= 0.6 is 0 Å². The van der Waals surface area contributed by atoms with Gasteiger partial charge < -0.3 is 15.2 Å². The molecule has 0 aliphatic heterocycles. The van der Waals surface area contributed by atoms with E-state index in [2.05, 4.69) is 5.32 Å². The maximum absolute atomic E-state index is 11.9. The van der Waals surface area contributed by atoms with Crippen LogP contribution in [0.3, 0.4) is 0 Å². The normalized spacial score (nSPS) is 10.1. The molecule has 0 atom stereocenters. The van der Waals surface area contributed by atoms with Gasteiger partial charge in [0.05, 0.1) is 5.56 Å². The molecular formula is C17H17NO4. The predicted octanol–water partition coefficient (Wildman–Crippen LogP) is 3.02. The van der Waals surface area contributed by atoms with Gasteiger partial charge in [0.1, 0.15) is 5.75 Å². The van der Waals surface area contributed by atoms with Crippen LogP contribution in [0.15, 0.2) is 42.5 Å². The Morgan fingerprint density at radius 1 is 1.05 bits per heavy atom. The zero-order valence-electron chi connectivity index (χ0n) is 12.4. The Morgan fingerprint density at radius 3 is 2.18 bits per heavy atom. The Hall–Kier alpha value is -2.82. The summed E-state index contributed by atoms with van der Waals surface area (Å²) in [5.41, 5.74) is 3.04. The summed E-state index contributed by atoms with van der Waals surface area (Å²) in [4.78, 5) is 22.6. The zero-order chi connectivity index (χ0) is 16.1. The second kappa shape index (κ2) is 6.76. The van der Waals surface area contributed by atoms with Crippen molar-refractivity contribution in [1.29, 1.82) is 0 Å². The Bertz CT molecular complexity index is 672. The number of benzene rings is 2. The van der Waals surface area contributed by atoms with Gasteiger partial charge in [-0.1, -0.05) is 6.07 Å². The minimum atomic E-state index is -1.00. The molecule has 0 unspecified atom stereocenters. The SMILES string of the molecule is Cc1cc(C)cc(NC(=O)COc2ccc(C(=O)O)cc2)c1. The van der Waals surface area contributed by atoms with Crippen molar-refractivity contribution in [3.63, 3.8) is 0 Å². The maximum Gasteiger partial charge on any atom is 0.335 e. The van der Waals surface area contributed by atoms with Crippen molar-refractivity contribution in [3.05, 3.63) is 59.2 Å². The van der Waals surface area contributed by atoms with E-state index in [9.17, 15) is 9.59 Å². The van der Waals surface area contributed by atoms with Gasteiger partial charge in [0.2, 0.25) is 0 Å². The van der Waals surface area contributed by atoms with E-state index in [1.807, 2.05) is 32.0 Å². The molecule has 0 saturated carbocycles. The third-order valence-corrected chi connectivity index (χ3v) is 2.98. The molecule has 2 rings (SSSR count). The highest BCUT2D eigenvalue weighted by Gasteiger charge is 2.06. The molecule has 0 radical (unpaired) electrons. The van der Waals surface area contributed by atoms with E-state index in [1.165, 1.54) is 24.3 Å². The van der Waals surface area contributed by atoms with E-state index in [0.717, 1.165) is 16.8 Å². The van der Waals surface area contributed by atoms with Gasteiger partial charge in [0, 0.05) is 5.69 Å². The van der Waals surface area contributed by atoms with Crippen LogP contribution in [0.1, 0.15) is 21.5 Å². The summed E-state index contributed by atoms with van der Waals surface area (Å²) in [6, 6.07) is 11.7. The molecule has 0 fully saturated rings. The molecule has 0 bridgehead atoms. The number of nitrogens with one attached hydrogen (secondary N) is 1. The zero-order valence-corrected chi connectivity index (χ0v) is 12.4. The predicted molar refractivity (Wildman–Crippen MR) is 83.4 cm³/mol. The largest absolute Gasteiger partial charge is 0.484 e. The van der Waals surface area contributed by atoms with Crippen LogP contribution in [0.5, 0.6) is 5.75 Å². The number of anilines is 1. The number of rotatable bonds is 5. The van der Waals surface area contributed by atoms with Gasteiger partial charge in [-0.25, -0.2) is 4.79 Å². The molecule has 2 aromatic carbocycles. The van der Waals surface area contributed by atoms with Gasteiger partial charge >= 0.3 is 5.97 Å². The molecule has 2 aromatic rings. The molecule has 0 aliphatic carbocycles. The third kappa shape index (κ3) is 4.34. The highest BCUT2D eigenvalue weighted by molar-refractivity contribution is 5.92. The van der Waals surface area contributed by atoms with Gasteiger partial charge in [-0.05, 0) is 61.4 Å². The second-order valence-electron chi connectivity index (χ2n) is 5.04. The minimum absolute atomic E-state index is 0.139. The summed E-state index contributed by atoms with van der Waals surface area (Å²) in [7, 11) is 0. The standard InChI is InChI=1S/C17H17NO4/c1-11-7-12(2)9-14(8-11)18-16(19)10-22-15-5-3-13(4-6-15)17(20)21/h3-9H,10H2,1-2H3,(H,18,19)(H,20,21). The van der Waals surface area contributed by atoms with E-state index in [-0.39, 0.29) is 18.1 Å². The molecule has 2 N–H and O–H groups in total. The summed E-state index contributed by atoms with van der Waals surface area (Å²) in [5.74, 6) is -0.827. The van der Waals surface area contributed by atoms with Crippen LogP contribution in [0.4, 0.5) is 5.69 Å². The number of ether oxygens (including phenoxy) is 1. The van der Waals surface area contributed by atoms with Crippen LogP contribution < -0.4 is 10.1 Å². The number of carbonyl (C=O) groups is 2. The monoisotopic (exact) mass is 299 g/mol. The first kappa shape index (κ1) is 15.6. The lowest BCUT2D eigenvalue weighted by Crippen LogP contribution is -2.20. The average Bonchev–Trinajstić information content (AvgIpc) is 2.44. The number of carbonyl (C=O) groups excluding carboxylic acids is 1. The van der Waals surface area contributed by atoms with E-state index < -0.39 is 5.97 Å². The van der Waals surface area contributed by atoms with Crippen LogP contribution in [0, 0.1) is 13.8 Å². The minimum Gasteiger partial charge on any atom is -0.484 e. The van der Waals surface area contributed by atoms with Crippen molar-refractivity contribution in [2.24, 2.45) is 0 Å². The first-order chi connectivity index (χ1) is 10.4. The van der Waals surface area contributed by atoms with Crippen molar-refractivity contribution in [3.8, 4) is 5.75 Å². The van der Waals surface area contributed by atoms with Crippen molar-refractivity contribution in [1.82, 2.24) is 0 Å². The summed E-state index contributed by atoms with van der Waals surface area (Å²) >= 11 is 0.